The Morgan fingerprint density at radius 3 is 2.65 bits per heavy atom. The highest BCUT2D eigenvalue weighted by Gasteiger charge is 2.53. The summed E-state index contributed by atoms with van der Waals surface area (Å²) in [7, 11) is 0. The van der Waals surface area contributed by atoms with Crippen molar-refractivity contribution in [2.45, 2.75) is 63.3 Å². The largest absolute Gasteiger partial charge is 0.325 e. The average molecular weight is 466 g/mol. The number of nitrogens with one attached hydrogen (secondary N) is 1. The van der Waals surface area contributed by atoms with Gasteiger partial charge in [-0.2, -0.15) is 13.9 Å². The van der Waals surface area contributed by atoms with E-state index in [2.05, 4.69) is 25.4 Å². The smallest absolute Gasteiger partial charge is 0.303 e. The molecule has 8 nitrogen and oxygen atoms in total. The summed E-state index contributed by atoms with van der Waals surface area (Å²) in [6.45, 7) is 2.86. The van der Waals surface area contributed by atoms with Gasteiger partial charge in [-0.3, -0.25) is 9.48 Å². The van der Waals surface area contributed by atoms with E-state index in [0.29, 0.717) is 35.5 Å². The van der Waals surface area contributed by atoms with Gasteiger partial charge >= 0.3 is 5.92 Å². The third kappa shape index (κ3) is 3.52. The average Bonchev–Trinajstić information content (AvgIpc) is 3.23. The van der Waals surface area contributed by atoms with Crippen molar-refractivity contribution in [1.29, 1.82) is 0 Å². The molecular weight excluding hydrogens is 440 g/mol. The van der Waals surface area contributed by atoms with E-state index in [0.717, 1.165) is 43.9 Å². The third-order valence-corrected chi connectivity index (χ3v) is 7.09. The number of pyridine rings is 1. The molecule has 1 spiro atoms. The van der Waals surface area contributed by atoms with Gasteiger partial charge in [-0.25, -0.2) is 15.0 Å². The van der Waals surface area contributed by atoms with E-state index in [1.54, 1.807) is 24.5 Å². The van der Waals surface area contributed by atoms with E-state index >= 15 is 0 Å². The molecule has 0 unspecified atom stereocenters. The van der Waals surface area contributed by atoms with Crippen molar-refractivity contribution < 1.29 is 13.6 Å². The molecule has 0 atom stereocenters. The Morgan fingerprint density at radius 1 is 1.21 bits per heavy atom. The van der Waals surface area contributed by atoms with Crippen LogP contribution in [0.3, 0.4) is 0 Å². The van der Waals surface area contributed by atoms with E-state index in [1.807, 2.05) is 15.8 Å². The van der Waals surface area contributed by atoms with Crippen LogP contribution in [0.1, 0.15) is 63.4 Å². The van der Waals surface area contributed by atoms with Crippen LogP contribution in [0.4, 0.5) is 26.1 Å². The summed E-state index contributed by atoms with van der Waals surface area (Å²) in [4.78, 5) is 26.4. The van der Waals surface area contributed by atoms with Crippen LogP contribution in [0.2, 0.25) is 0 Å². The second-order valence-electron chi connectivity index (χ2n) is 9.75. The monoisotopic (exact) mass is 465 g/mol. The molecular formula is C24H25F2N7O. The second kappa shape index (κ2) is 7.28. The van der Waals surface area contributed by atoms with Gasteiger partial charge in [0.15, 0.2) is 0 Å². The molecule has 6 rings (SSSR count). The zero-order valence-corrected chi connectivity index (χ0v) is 19.1. The molecule has 1 amide bonds. The lowest BCUT2D eigenvalue weighted by molar-refractivity contribution is -0.114. The molecule has 2 fully saturated rings. The zero-order valence-electron chi connectivity index (χ0n) is 19.1. The molecule has 10 heteroatoms. The Bertz CT molecular complexity index is 1290. The van der Waals surface area contributed by atoms with Gasteiger partial charge in [0.1, 0.15) is 11.6 Å². The zero-order chi connectivity index (χ0) is 23.7. The quantitative estimate of drug-likeness (QED) is 0.587. The van der Waals surface area contributed by atoms with Gasteiger partial charge < -0.3 is 10.2 Å². The van der Waals surface area contributed by atoms with Crippen molar-refractivity contribution in [1.82, 2.24) is 24.7 Å². The maximum Gasteiger partial charge on any atom is 0.303 e. The molecule has 0 bridgehead atoms. The highest BCUT2D eigenvalue weighted by atomic mass is 19.3. The predicted octanol–water partition coefficient (Wildman–Crippen LogP) is 4.71. The van der Waals surface area contributed by atoms with E-state index in [1.165, 1.54) is 13.3 Å². The maximum absolute atomic E-state index is 14.5. The molecule has 0 radical (unpaired) electrons. The van der Waals surface area contributed by atoms with Gasteiger partial charge in [0.25, 0.3) is 0 Å². The van der Waals surface area contributed by atoms with E-state index < -0.39 is 11.7 Å². The lowest BCUT2D eigenvalue weighted by Crippen LogP contribution is -2.23. The Labute approximate surface area is 195 Å². The molecule has 1 N–H and O–H groups in total. The molecule has 3 aliphatic rings. The number of hydrogen-bond acceptors (Lipinski definition) is 6. The molecule has 3 aromatic heterocycles. The maximum atomic E-state index is 14.5. The summed E-state index contributed by atoms with van der Waals surface area (Å²) in [5.41, 5.74) is 2.95. The van der Waals surface area contributed by atoms with Crippen LogP contribution in [0, 0.1) is 0 Å². The molecule has 176 valence electrons. The lowest BCUT2D eigenvalue weighted by Gasteiger charge is -2.25. The molecule has 1 aliphatic heterocycles. The number of rotatable bonds is 5. The summed E-state index contributed by atoms with van der Waals surface area (Å²) < 4.78 is 30.8. The molecule has 0 saturated heterocycles. The van der Waals surface area contributed by atoms with Crippen LogP contribution in [0.15, 0.2) is 30.7 Å². The Morgan fingerprint density at radius 2 is 2.00 bits per heavy atom. The molecule has 2 saturated carbocycles. The highest BCUT2D eigenvalue weighted by Crippen LogP contribution is 2.58. The van der Waals surface area contributed by atoms with Gasteiger partial charge in [-0.15, -0.1) is 0 Å². The first-order valence-electron chi connectivity index (χ1n) is 11.6. The first-order valence-corrected chi connectivity index (χ1v) is 11.6. The topological polar surface area (TPSA) is 88.8 Å². The van der Waals surface area contributed by atoms with Gasteiger partial charge in [-0.1, -0.05) is 0 Å². The first-order chi connectivity index (χ1) is 16.2. The number of halogens is 2. The minimum atomic E-state index is -3.20. The van der Waals surface area contributed by atoms with Gasteiger partial charge in [0.05, 0.1) is 23.6 Å². The number of nitrogens with zero attached hydrogens (tertiary/aromatic N) is 6. The molecule has 4 heterocycles. The number of carbonyl (C=O) groups is 1. The summed E-state index contributed by atoms with van der Waals surface area (Å²) in [5, 5.41) is 7.16. The van der Waals surface area contributed by atoms with Crippen LogP contribution in [-0.2, 0) is 16.1 Å². The standard InChI is InChI=1S/C24H25F2N7O/c1-14(34)29-20-9-19-17(11-27-20)24(6-7-24)13-32(19)21-8-18(30-22(31-21)23(2,25)26)15-10-28-33(12-15)16-4-3-5-16/h8-12,16H,3-7,13H2,1-2H3,(H,27,29,34). The molecule has 3 aromatic rings. The Kier molecular flexibility index (Phi) is 4.53. The fourth-order valence-corrected chi connectivity index (χ4v) is 4.82. The first kappa shape index (κ1) is 21.1. The Balaban J connectivity index is 1.44. The van der Waals surface area contributed by atoms with Gasteiger partial charge in [0, 0.05) is 61.5 Å². The van der Waals surface area contributed by atoms with Crippen molar-refractivity contribution in [3.8, 4) is 11.3 Å². The SMILES string of the molecule is CC(=O)Nc1cc2c(cn1)C1(CC1)CN2c1cc(-c2cnn(C3CCC3)c2)nc(C(C)(F)F)n1. The van der Waals surface area contributed by atoms with Crippen molar-refractivity contribution in [2.24, 2.45) is 0 Å². The minimum Gasteiger partial charge on any atom is -0.325 e. The fraction of sp³-hybridized carbons (Fsp3) is 0.458. The summed E-state index contributed by atoms with van der Waals surface area (Å²) in [6, 6.07) is 3.91. The number of hydrogen-bond donors (Lipinski definition) is 1. The van der Waals surface area contributed by atoms with Crippen LogP contribution >= 0.6 is 0 Å². The Hall–Kier alpha value is -3.43. The minimum absolute atomic E-state index is 0.0494. The number of anilines is 3. The molecule has 34 heavy (non-hydrogen) atoms. The second-order valence-corrected chi connectivity index (χ2v) is 9.75. The summed E-state index contributed by atoms with van der Waals surface area (Å²) in [5.74, 6) is -3.12. The number of alkyl halides is 2. The number of carbonyl (C=O) groups excluding carboxylic acids is 1. The molecule has 2 aliphatic carbocycles. The van der Waals surface area contributed by atoms with E-state index in [4.69, 9.17) is 0 Å². The molecule has 0 aromatic carbocycles. The summed E-state index contributed by atoms with van der Waals surface area (Å²) in [6.07, 6.45) is 10.7. The number of fused-ring (bicyclic) bond motifs is 2. The lowest BCUT2D eigenvalue weighted by atomic mass is 9.93. The van der Waals surface area contributed by atoms with Crippen molar-refractivity contribution in [3.63, 3.8) is 0 Å². The summed E-state index contributed by atoms with van der Waals surface area (Å²) >= 11 is 0. The van der Waals surface area contributed by atoms with Gasteiger partial charge in [0.2, 0.25) is 11.7 Å². The van der Waals surface area contributed by atoms with Gasteiger partial charge in [-0.05, 0) is 32.1 Å². The van der Waals surface area contributed by atoms with Crippen LogP contribution < -0.4 is 10.2 Å². The highest BCUT2D eigenvalue weighted by molar-refractivity contribution is 5.89. The number of amides is 1. The van der Waals surface area contributed by atoms with Crippen molar-refractivity contribution in [3.05, 3.63) is 42.1 Å². The fourth-order valence-electron chi connectivity index (χ4n) is 4.82. The van der Waals surface area contributed by atoms with E-state index in [9.17, 15) is 13.6 Å². The van der Waals surface area contributed by atoms with Crippen LogP contribution in [0.5, 0.6) is 0 Å². The van der Waals surface area contributed by atoms with Crippen molar-refractivity contribution in [2.75, 3.05) is 16.8 Å². The van der Waals surface area contributed by atoms with Crippen LogP contribution in [0.25, 0.3) is 11.3 Å². The number of aromatic nitrogens is 5. The predicted molar refractivity (Wildman–Crippen MR) is 122 cm³/mol. The third-order valence-electron chi connectivity index (χ3n) is 7.09. The normalized spacial score (nSPS) is 18.6. The van der Waals surface area contributed by atoms with Crippen LogP contribution in [-0.4, -0.2) is 37.2 Å². The van der Waals surface area contributed by atoms with Crippen molar-refractivity contribution >= 4 is 23.2 Å². The van der Waals surface area contributed by atoms with E-state index in [-0.39, 0.29) is 11.3 Å².